The molecule has 186 valence electrons. The first-order valence-corrected chi connectivity index (χ1v) is 11.0. The van der Waals surface area contributed by atoms with Crippen LogP contribution in [-0.2, 0) is 23.9 Å². The Kier molecular flexibility index (Phi) is 12.6. The lowest BCUT2D eigenvalue weighted by molar-refractivity contribution is -0.293. The summed E-state index contributed by atoms with van der Waals surface area (Å²) >= 11 is 0. The quantitative estimate of drug-likeness (QED) is 0.137. The Morgan fingerprint density at radius 3 is 2.31 bits per heavy atom. The zero-order chi connectivity index (χ0) is 24.3. The van der Waals surface area contributed by atoms with Gasteiger partial charge in [0.1, 0.15) is 24.4 Å². The molecule has 1 saturated heterocycles. The second-order valence-corrected chi connectivity index (χ2v) is 8.11. The van der Waals surface area contributed by atoms with Gasteiger partial charge in [-0.3, -0.25) is 14.4 Å². The fourth-order valence-corrected chi connectivity index (χ4v) is 3.12. The summed E-state index contributed by atoms with van der Waals surface area (Å²) in [4.78, 5) is 35.1. The van der Waals surface area contributed by atoms with Crippen molar-refractivity contribution in [3.05, 3.63) is 0 Å². The molecular formula is C20H38N4O8. The van der Waals surface area contributed by atoms with Gasteiger partial charge in [0.25, 0.3) is 0 Å². The largest absolute Gasteiger partial charge is 0.388 e. The number of nitrogens with two attached hydrogens (primary N) is 2. The predicted molar refractivity (Wildman–Crippen MR) is 114 cm³/mol. The van der Waals surface area contributed by atoms with E-state index in [0.717, 1.165) is 12.8 Å². The summed E-state index contributed by atoms with van der Waals surface area (Å²) in [5, 5.41) is 34.6. The Morgan fingerprint density at radius 2 is 1.69 bits per heavy atom. The predicted octanol–water partition coefficient (Wildman–Crippen LogP) is -2.40. The van der Waals surface area contributed by atoms with Gasteiger partial charge in [-0.25, -0.2) is 0 Å². The number of unbranched alkanes of at least 4 members (excludes halogenated alkanes) is 3. The fourth-order valence-electron chi connectivity index (χ4n) is 3.12. The molecule has 1 heterocycles. The summed E-state index contributed by atoms with van der Waals surface area (Å²) in [5.41, 5.74) is 10.6. The van der Waals surface area contributed by atoms with Gasteiger partial charge < -0.3 is 46.9 Å². The minimum Gasteiger partial charge on any atom is -0.388 e. The number of hydrogen-bond acceptors (Lipinski definition) is 9. The molecule has 0 spiro atoms. The van der Waals surface area contributed by atoms with Crippen LogP contribution in [-0.4, -0.2) is 89.0 Å². The van der Waals surface area contributed by atoms with Crippen molar-refractivity contribution < 1.29 is 39.2 Å². The van der Waals surface area contributed by atoms with E-state index >= 15 is 0 Å². The summed E-state index contributed by atoms with van der Waals surface area (Å²) in [7, 11) is 0. The molecule has 1 fully saturated rings. The number of hydrogen-bond donors (Lipinski definition) is 7. The molecular weight excluding hydrogens is 424 g/mol. The van der Waals surface area contributed by atoms with Crippen molar-refractivity contribution in [2.75, 3.05) is 13.2 Å². The number of carbonyl (C=O) groups is 3. The van der Waals surface area contributed by atoms with E-state index in [0.29, 0.717) is 26.0 Å². The molecule has 0 aromatic heterocycles. The molecule has 0 unspecified atom stereocenters. The van der Waals surface area contributed by atoms with Crippen LogP contribution in [0, 0.1) is 0 Å². The summed E-state index contributed by atoms with van der Waals surface area (Å²) in [6, 6.07) is -1.66. The Balaban J connectivity index is 2.23. The van der Waals surface area contributed by atoms with Gasteiger partial charge in [-0.1, -0.05) is 12.8 Å². The number of carbonyl (C=O) groups excluding carboxylic acids is 3. The average Bonchev–Trinajstić information content (AvgIpc) is 2.74. The fraction of sp³-hybridized carbons (Fsp3) is 0.850. The van der Waals surface area contributed by atoms with E-state index in [4.69, 9.17) is 20.9 Å². The first kappa shape index (κ1) is 28.2. The average molecular weight is 463 g/mol. The van der Waals surface area contributed by atoms with Crippen LogP contribution in [0.2, 0.25) is 0 Å². The van der Waals surface area contributed by atoms with Gasteiger partial charge in [-0.2, -0.15) is 0 Å². The number of nitrogens with one attached hydrogen (secondary N) is 2. The maximum atomic E-state index is 12.3. The minimum absolute atomic E-state index is 0.0362. The molecule has 0 saturated carbocycles. The van der Waals surface area contributed by atoms with Crippen LogP contribution in [0.4, 0.5) is 0 Å². The Hall–Kier alpha value is -1.83. The highest BCUT2D eigenvalue weighted by atomic mass is 16.7. The van der Waals surface area contributed by atoms with Crippen LogP contribution in [0.5, 0.6) is 0 Å². The van der Waals surface area contributed by atoms with Crippen molar-refractivity contribution in [2.45, 2.75) is 95.2 Å². The summed E-state index contributed by atoms with van der Waals surface area (Å²) in [6.07, 6.45) is -2.42. The van der Waals surface area contributed by atoms with Gasteiger partial charge in [-0.05, 0) is 33.1 Å². The summed E-state index contributed by atoms with van der Waals surface area (Å²) in [5.74, 6) is -1.45. The number of rotatable bonds is 14. The van der Waals surface area contributed by atoms with Crippen molar-refractivity contribution in [1.29, 1.82) is 0 Å². The maximum Gasteiger partial charge on any atom is 0.242 e. The molecule has 7 atom stereocenters. The summed E-state index contributed by atoms with van der Waals surface area (Å²) < 4.78 is 10.8. The van der Waals surface area contributed by atoms with E-state index in [-0.39, 0.29) is 12.8 Å². The SMILES string of the molecule is C[C@H](N)C(=O)N[C@@H](CCC(N)=O)C(=O)NCCCCCCO[C@H]1O[C@@H](C)[C@@H](O)[C@@H](O)[C@@H]1O. The monoisotopic (exact) mass is 462 g/mol. The zero-order valence-electron chi connectivity index (χ0n) is 18.7. The molecule has 32 heavy (non-hydrogen) atoms. The second-order valence-electron chi connectivity index (χ2n) is 8.11. The molecule has 0 aliphatic carbocycles. The maximum absolute atomic E-state index is 12.3. The third kappa shape index (κ3) is 9.76. The van der Waals surface area contributed by atoms with Gasteiger partial charge in [0, 0.05) is 19.6 Å². The molecule has 9 N–H and O–H groups in total. The molecule has 12 nitrogen and oxygen atoms in total. The van der Waals surface area contributed by atoms with Crippen molar-refractivity contribution in [3.8, 4) is 0 Å². The third-order valence-electron chi connectivity index (χ3n) is 5.19. The lowest BCUT2D eigenvalue weighted by Gasteiger charge is -2.38. The van der Waals surface area contributed by atoms with Crippen molar-refractivity contribution >= 4 is 17.7 Å². The highest BCUT2D eigenvalue weighted by molar-refractivity contribution is 5.89. The van der Waals surface area contributed by atoms with Gasteiger partial charge in [-0.15, -0.1) is 0 Å². The van der Waals surface area contributed by atoms with Crippen molar-refractivity contribution in [2.24, 2.45) is 11.5 Å². The smallest absolute Gasteiger partial charge is 0.242 e. The van der Waals surface area contributed by atoms with Crippen molar-refractivity contribution in [1.82, 2.24) is 10.6 Å². The van der Waals surface area contributed by atoms with Gasteiger partial charge in [0.05, 0.1) is 12.1 Å². The number of aliphatic hydroxyl groups is 3. The molecule has 1 aliphatic heterocycles. The van der Waals surface area contributed by atoms with E-state index in [1.807, 2.05) is 0 Å². The standard InChI is InChI=1S/C20H38N4O8/c1-11(21)18(29)24-13(7-8-14(22)25)19(30)23-9-5-3-4-6-10-31-20-17(28)16(27)15(26)12(2)32-20/h11-13,15-17,20,26-28H,3-10,21H2,1-2H3,(H2,22,25)(H,23,30)(H,24,29)/t11-,12-,13-,15+,16+,17-,20-/m0/s1. The van der Waals surface area contributed by atoms with E-state index in [2.05, 4.69) is 10.6 Å². The normalized spacial score (nSPS) is 27.4. The van der Waals surface area contributed by atoms with Crippen LogP contribution < -0.4 is 22.1 Å². The Morgan fingerprint density at radius 1 is 1.03 bits per heavy atom. The highest BCUT2D eigenvalue weighted by Crippen LogP contribution is 2.22. The number of aliphatic hydroxyl groups excluding tert-OH is 3. The van der Waals surface area contributed by atoms with E-state index in [9.17, 15) is 29.7 Å². The number of ether oxygens (including phenoxy) is 2. The molecule has 0 bridgehead atoms. The number of amides is 3. The molecule has 0 aromatic carbocycles. The van der Waals surface area contributed by atoms with E-state index < -0.39 is 60.5 Å². The van der Waals surface area contributed by atoms with Gasteiger partial charge in [0.15, 0.2) is 6.29 Å². The van der Waals surface area contributed by atoms with Gasteiger partial charge in [0.2, 0.25) is 17.7 Å². The second kappa shape index (κ2) is 14.3. The molecule has 12 heteroatoms. The van der Waals surface area contributed by atoms with Crippen LogP contribution in [0.1, 0.15) is 52.4 Å². The first-order valence-electron chi connectivity index (χ1n) is 11.0. The van der Waals surface area contributed by atoms with Crippen LogP contribution in [0.25, 0.3) is 0 Å². The molecule has 0 radical (unpaired) electrons. The van der Waals surface area contributed by atoms with Crippen LogP contribution >= 0.6 is 0 Å². The molecule has 3 amide bonds. The van der Waals surface area contributed by atoms with Crippen LogP contribution in [0.15, 0.2) is 0 Å². The topological polar surface area (TPSA) is 206 Å². The molecule has 1 aliphatic rings. The highest BCUT2D eigenvalue weighted by Gasteiger charge is 2.42. The minimum atomic E-state index is -1.32. The zero-order valence-corrected chi connectivity index (χ0v) is 18.7. The Labute approximate surface area is 188 Å². The lowest BCUT2D eigenvalue weighted by Crippen LogP contribution is -2.57. The Bertz CT molecular complexity index is 606. The number of primary amides is 1. The van der Waals surface area contributed by atoms with Crippen LogP contribution in [0.3, 0.4) is 0 Å². The molecule has 1 rings (SSSR count). The van der Waals surface area contributed by atoms with E-state index in [1.165, 1.54) is 6.92 Å². The van der Waals surface area contributed by atoms with E-state index in [1.54, 1.807) is 6.92 Å². The first-order chi connectivity index (χ1) is 15.0. The third-order valence-corrected chi connectivity index (χ3v) is 5.19. The molecule has 0 aromatic rings. The van der Waals surface area contributed by atoms with Crippen molar-refractivity contribution in [3.63, 3.8) is 0 Å². The van der Waals surface area contributed by atoms with Gasteiger partial charge >= 0.3 is 0 Å². The summed E-state index contributed by atoms with van der Waals surface area (Å²) in [6.45, 7) is 3.79. The lowest BCUT2D eigenvalue weighted by atomic mass is 10.0.